The van der Waals surface area contributed by atoms with Crippen LogP contribution in [0, 0.1) is 0 Å². The van der Waals surface area contributed by atoms with E-state index in [4.69, 9.17) is 37.9 Å². The lowest BCUT2D eigenvalue weighted by Gasteiger charge is -2.46. The Hall–Kier alpha value is -3.44. The molecule has 4 aromatic rings. The van der Waals surface area contributed by atoms with Crippen molar-refractivity contribution in [3.8, 4) is 0 Å². The van der Waals surface area contributed by atoms with Gasteiger partial charge in [0.15, 0.2) is 12.1 Å². The molecule has 0 bridgehead atoms. The normalized spacial score (nSPS) is 25.2. The summed E-state index contributed by atoms with van der Waals surface area (Å²) < 4.78 is 51.6. The molecule has 8 heteroatoms. The largest absolute Gasteiger partial charge is 0.374 e. The van der Waals surface area contributed by atoms with Crippen molar-refractivity contribution >= 4 is 0 Å². The van der Waals surface area contributed by atoms with Gasteiger partial charge in [-0.15, -0.1) is 0 Å². The van der Waals surface area contributed by atoms with Crippen LogP contribution in [0.4, 0.5) is 0 Å². The number of rotatable bonds is 16. The molecule has 2 aliphatic rings. The maximum absolute atomic E-state index is 6.78. The standard InChI is InChI=1S/C40H46O8/c1-40(2)46-28-34(48-40)27-45-39-38(44-26-33-21-13-6-14-22-33)37(43-25-32-19-11-5-12-20-32)36(42-24-31-17-9-4-10-18-31)35(47-39)29-41-23-30-15-7-3-8-16-30/h3-22,34-39H,23-29H2,1-2H3/t34?,35-,36-,37+,38-,39-/m1/s1. The third kappa shape index (κ3) is 10.0. The first kappa shape index (κ1) is 34.4. The van der Waals surface area contributed by atoms with Crippen LogP contribution in [-0.4, -0.2) is 62.4 Å². The van der Waals surface area contributed by atoms with Gasteiger partial charge in [-0.05, 0) is 36.1 Å². The first-order chi connectivity index (χ1) is 23.5. The average Bonchev–Trinajstić information content (AvgIpc) is 3.48. The van der Waals surface area contributed by atoms with E-state index in [-0.39, 0.29) is 19.3 Å². The van der Waals surface area contributed by atoms with Gasteiger partial charge < -0.3 is 37.9 Å². The van der Waals surface area contributed by atoms with E-state index < -0.39 is 36.5 Å². The molecule has 2 saturated heterocycles. The van der Waals surface area contributed by atoms with Crippen LogP contribution in [0.3, 0.4) is 0 Å². The molecule has 254 valence electrons. The molecule has 0 aromatic heterocycles. The lowest BCUT2D eigenvalue weighted by molar-refractivity contribution is -0.331. The summed E-state index contributed by atoms with van der Waals surface area (Å²) in [6.45, 7) is 6.26. The van der Waals surface area contributed by atoms with Crippen LogP contribution < -0.4 is 0 Å². The second-order valence-corrected chi connectivity index (χ2v) is 12.6. The predicted molar refractivity (Wildman–Crippen MR) is 181 cm³/mol. The molecule has 0 saturated carbocycles. The van der Waals surface area contributed by atoms with Crippen LogP contribution >= 0.6 is 0 Å². The van der Waals surface area contributed by atoms with E-state index in [0.29, 0.717) is 33.0 Å². The van der Waals surface area contributed by atoms with Gasteiger partial charge in [-0.25, -0.2) is 0 Å². The first-order valence-electron chi connectivity index (χ1n) is 16.7. The van der Waals surface area contributed by atoms with Crippen LogP contribution in [0.2, 0.25) is 0 Å². The van der Waals surface area contributed by atoms with E-state index in [9.17, 15) is 0 Å². The molecule has 6 rings (SSSR count). The SMILES string of the molecule is CC1(C)OCC(CO[C@@H]2O[C@H](COCc3ccccc3)[C@@H](OCc3ccccc3)[C@H](OCc3ccccc3)[C@H]2OCc2ccccc2)O1. The Morgan fingerprint density at radius 2 is 1.00 bits per heavy atom. The Bertz CT molecular complexity index is 1470. The second-order valence-electron chi connectivity index (χ2n) is 12.6. The molecule has 0 aliphatic carbocycles. The molecule has 8 nitrogen and oxygen atoms in total. The highest BCUT2D eigenvalue weighted by atomic mass is 16.8. The van der Waals surface area contributed by atoms with Gasteiger partial charge in [0.25, 0.3) is 0 Å². The predicted octanol–water partition coefficient (Wildman–Crippen LogP) is 6.85. The zero-order valence-electron chi connectivity index (χ0n) is 27.7. The Morgan fingerprint density at radius 3 is 1.48 bits per heavy atom. The quantitative estimate of drug-likeness (QED) is 0.130. The minimum atomic E-state index is -0.788. The molecule has 2 heterocycles. The van der Waals surface area contributed by atoms with E-state index in [1.165, 1.54) is 0 Å². The lowest BCUT2D eigenvalue weighted by Crippen LogP contribution is -2.62. The van der Waals surface area contributed by atoms with E-state index in [1.54, 1.807) is 0 Å². The fraction of sp³-hybridized carbons (Fsp3) is 0.400. The highest BCUT2D eigenvalue weighted by Crippen LogP contribution is 2.32. The van der Waals surface area contributed by atoms with Gasteiger partial charge in [-0.1, -0.05) is 121 Å². The maximum atomic E-state index is 6.78. The summed E-state index contributed by atoms with van der Waals surface area (Å²) in [7, 11) is 0. The lowest BCUT2D eigenvalue weighted by atomic mass is 9.97. The van der Waals surface area contributed by atoms with Crippen molar-refractivity contribution in [2.75, 3.05) is 19.8 Å². The summed E-state index contributed by atoms with van der Waals surface area (Å²) in [5.41, 5.74) is 4.19. The summed E-state index contributed by atoms with van der Waals surface area (Å²) in [5.74, 6) is -0.670. The van der Waals surface area contributed by atoms with Crippen molar-refractivity contribution in [3.05, 3.63) is 144 Å². The van der Waals surface area contributed by atoms with Crippen LogP contribution in [0.15, 0.2) is 121 Å². The van der Waals surface area contributed by atoms with Crippen LogP contribution in [0.1, 0.15) is 36.1 Å². The van der Waals surface area contributed by atoms with Gasteiger partial charge in [-0.3, -0.25) is 0 Å². The molecular formula is C40H46O8. The molecule has 0 N–H and O–H groups in total. The van der Waals surface area contributed by atoms with Gasteiger partial charge in [0, 0.05) is 0 Å². The van der Waals surface area contributed by atoms with Gasteiger partial charge in [0.05, 0.1) is 46.2 Å². The molecule has 0 amide bonds. The van der Waals surface area contributed by atoms with Gasteiger partial charge in [0.1, 0.15) is 30.5 Å². The topological polar surface area (TPSA) is 73.8 Å². The number of hydrogen-bond acceptors (Lipinski definition) is 8. The smallest absolute Gasteiger partial charge is 0.187 e. The zero-order valence-corrected chi connectivity index (χ0v) is 27.7. The van der Waals surface area contributed by atoms with Crippen molar-refractivity contribution in [2.24, 2.45) is 0 Å². The third-order valence-corrected chi connectivity index (χ3v) is 8.35. The molecule has 6 atom stereocenters. The monoisotopic (exact) mass is 654 g/mol. The molecule has 4 aromatic carbocycles. The molecule has 0 spiro atoms. The number of ether oxygens (including phenoxy) is 8. The fourth-order valence-electron chi connectivity index (χ4n) is 5.93. The molecule has 1 unspecified atom stereocenters. The zero-order chi connectivity index (χ0) is 33.0. The molecule has 2 fully saturated rings. The average molecular weight is 655 g/mol. The highest BCUT2D eigenvalue weighted by Gasteiger charge is 2.49. The van der Waals surface area contributed by atoms with Crippen LogP contribution in [0.25, 0.3) is 0 Å². The summed E-state index contributed by atoms with van der Waals surface area (Å²) in [4.78, 5) is 0. The fourth-order valence-corrected chi connectivity index (χ4v) is 5.93. The van der Waals surface area contributed by atoms with E-state index >= 15 is 0 Å². The van der Waals surface area contributed by atoms with Crippen molar-refractivity contribution in [2.45, 2.75) is 82.9 Å². The third-order valence-electron chi connectivity index (χ3n) is 8.35. The maximum Gasteiger partial charge on any atom is 0.187 e. The summed E-state index contributed by atoms with van der Waals surface area (Å²) in [5, 5.41) is 0. The Labute approximate surface area is 283 Å². The molecule has 0 radical (unpaired) electrons. The summed E-state index contributed by atoms with van der Waals surface area (Å²) in [6.07, 6.45) is -3.27. The summed E-state index contributed by atoms with van der Waals surface area (Å²) >= 11 is 0. The first-order valence-corrected chi connectivity index (χ1v) is 16.7. The number of hydrogen-bond donors (Lipinski definition) is 0. The second kappa shape index (κ2) is 17.3. The number of benzene rings is 4. The van der Waals surface area contributed by atoms with Gasteiger partial charge in [0.2, 0.25) is 0 Å². The molecular weight excluding hydrogens is 608 g/mol. The van der Waals surface area contributed by atoms with Crippen molar-refractivity contribution < 1.29 is 37.9 Å². The van der Waals surface area contributed by atoms with E-state index in [0.717, 1.165) is 22.3 Å². The molecule has 2 aliphatic heterocycles. The minimum Gasteiger partial charge on any atom is -0.374 e. The van der Waals surface area contributed by atoms with Crippen LogP contribution in [-0.2, 0) is 64.3 Å². The van der Waals surface area contributed by atoms with E-state index in [2.05, 4.69) is 0 Å². The minimum absolute atomic E-state index is 0.248. The van der Waals surface area contributed by atoms with Gasteiger partial charge in [-0.2, -0.15) is 0 Å². The Kier molecular flexibility index (Phi) is 12.4. The van der Waals surface area contributed by atoms with E-state index in [1.807, 2.05) is 135 Å². The van der Waals surface area contributed by atoms with Crippen molar-refractivity contribution in [1.82, 2.24) is 0 Å². The highest BCUT2D eigenvalue weighted by molar-refractivity contribution is 5.16. The Morgan fingerprint density at radius 1 is 0.542 bits per heavy atom. The molecule has 48 heavy (non-hydrogen) atoms. The summed E-state index contributed by atoms with van der Waals surface area (Å²) in [6, 6.07) is 40.4. The van der Waals surface area contributed by atoms with Gasteiger partial charge >= 0.3 is 0 Å². The van der Waals surface area contributed by atoms with Crippen molar-refractivity contribution in [3.63, 3.8) is 0 Å². The van der Waals surface area contributed by atoms with Crippen molar-refractivity contribution in [1.29, 1.82) is 0 Å². The Balaban J connectivity index is 1.28. The van der Waals surface area contributed by atoms with Crippen LogP contribution in [0.5, 0.6) is 0 Å².